The van der Waals surface area contributed by atoms with Crippen LogP contribution in [0.15, 0.2) is 16.6 Å². The van der Waals surface area contributed by atoms with E-state index in [0.717, 1.165) is 39.2 Å². The van der Waals surface area contributed by atoms with E-state index in [4.69, 9.17) is 11.6 Å². The monoisotopic (exact) mass is 325 g/mol. The predicted molar refractivity (Wildman–Crippen MR) is 78.2 cm³/mol. The van der Waals surface area contributed by atoms with Crippen molar-refractivity contribution in [3.05, 3.63) is 27.5 Å². The van der Waals surface area contributed by atoms with Crippen LogP contribution in [-0.2, 0) is 0 Å². The minimum absolute atomic E-state index is 0.284. The number of aryl methyl sites for hydroxylation is 1. The Morgan fingerprint density at radius 2 is 2.17 bits per heavy atom. The maximum atomic E-state index is 6.00. The minimum atomic E-state index is 0.284. The van der Waals surface area contributed by atoms with E-state index in [1.807, 2.05) is 6.07 Å². The van der Waals surface area contributed by atoms with Gasteiger partial charge in [0.1, 0.15) is 5.82 Å². The van der Waals surface area contributed by atoms with Crippen LogP contribution in [0, 0.1) is 12.8 Å². The Morgan fingerprint density at radius 3 is 2.89 bits per heavy atom. The van der Waals surface area contributed by atoms with Gasteiger partial charge in [-0.15, -0.1) is 0 Å². The number of halogens is 2. The second kappa shape index (κ2) is 4.67. The van der Waals surface area contributed by atoms with Gasteiger partial charge in [0.2, 0.25) is 5.28 Å². The molecule has 0 unspecified atom stereocenters. The number of fused-ring (bicyclic) bond motifs is 1. The number of aromatic nitrogens is 2. The fourth-order valence-corrected chi connectivity index (χ4v) is 2.62. The number of nitrogens with zero attached hydrogens (tertiary/aromatic N) is 2. The van der Waals surface area contributed by atoms with E-state index in [2.05, 4.69) is 44.2 Å². The standard InChI is InChI=1S/C13H13BrClN3/c1-7-2-5-9(14)11-10(7)12(18-13(15)17-11)16-6-8-3-4-8/h2,5,8H,3-4,6H2,1H3,(H,16,17,18). The van der Waals surface area contributed by atoms with Gasteiger partial charge < -0.3 is 5.32 Å². The van der Waals surface area contributed by atoms with Crippen molar-refractivity contribution >= 4 is 44.3 Å². The molecule has 0 radical (unpaired) electrons. The highest BCUT2D eigenvalue weighted by Crippen LogP contribution is 2.33. The smallest absolute Gasteiger partial charge is 0.224 e. The van der Waals surface area contributed by atoms with Gasteiger partial charge in [0.15, 0.2) is 0 Å². The third-order valence-corrected chi connectivity index (χ3v) is 4.05. The molecule has 1 fully saturated rings. The SMILES string of the molecule is Cc1ccc(Br)c2nc(Cl)nc(NCC3CC3)c12. The molecule has 0 atom stereocenters. The molecule has 1 heterocycles. The largest absolute Gasteiger partial charge is 0.369 e. The predicted octanol–water partition coefficient (Wildman–Crippen LogP) is 4.18. The van der Waals surface area contributed by atoms with E-state index in [1.54, 1.807) is 0 Å². The summed E-state index contributed by atoms with van der Waals surface area (Å²) in [6, 6.07) is 4.05. The summed E-state index contributed by atoms with van der Waals surface area (Å²) >= 11 is 9.51. The molecule has 94 valence electrons. The average molecular weight is 327 g/mol. The molecule has 1 aliphatic carbocycles. The van der Waals surface area contributed by atoms with Crippen LogP contribution in [0.1, 0.15) is 18.4 Å². The molecule has 18 heavy (non-hydrogen) atoms. The highest BCUT2D eigenvalue weighted by Gasteiger charge is 2.21. The second-order valence-corrected chi connectivity index (χ2v) is 5.95. The van der Waals surface area contributed by atoms with Crippen LogP contribution < -0.4 is 5.32 Å². The Labute approximate surface area is 119 Å². The van der Waals surface area contributed by atoms with Crippen LogP contribution in [0.2, 0.25) is 5.28 Å². The number of rotatable bonds is 3. The van der Waals surface area contributed by atoms with Crippen molar-refractivity contribution in [2.75, 3.05) is 11.9 Å². The van der Waals surface area contributed by atoms with Gasteiger partial charge in [0.25, 0.3) is 0 Å². The summed E-state index contributed by atoms with van der Waals surface area (Å²) in [7, 11) is 0. The molecule has 1 saturated carbocycles. The number of hydrogen-bond acceptors (Lipinski definition) is 3. The molecule has 3 rings (SSSR count). The van der Waals surface area contributed by atoms with E-state index in [0.29, 0.717) is 0 Å². The molecule has 0 amide bonds. The number of hydrogen-bond donors (Lipinski definition) is 1. The first kappa shape index (κ1) is 12.2. The van der Waals surface area contributed by atoms with Gasteiger partial charge in [-0.3, -0.25) is 0 Å². The molecule has 3 nitrogen and oxygen atoms in total. The zero-order valence-corrected chi connectivity index (χ0v) is 12.3. The van der Waals surface area contributed by atoms with Crippen molar-refractivity contribution in [2.24, 2.45) is 5.92 Å². The lowest BCUT2D eigenvalue weighted by molar-refractivity contribution is 0.883. The summed E-state index contributed by atoms with van der Waals surface area (Å²) in [5.74, 6) is 1.64. The van der Waals surface area contributed by atoms with Crippen LogP contribution in [0.3, 0.4) is 0 Å². The Kier molecular flexibility index (Phi) is 3.16. The maximum Gasteiger partial charge on any atom is 0.224 e. The van der Waals surface area contributed by atoms with Crippen LogP contribution in [-0.4, -0.2) is 16.5 Å². The van der Waals surface area contributed by atoms with E-state index in [9.17, 15) is 0 Å². The Bertz CT molecular complexity index is 611. The van der Waals surface area contributed by atoms with Gasteiger partial charge in [0, 0.05) is 16.4 Å². The van der Waals surface area contributed by atoms with Crippen molar-refractivity contribution in [2.45, 2.75) is 19.8 Å². The molecule has 1 N–H and O–H groups in total. The number of benzene rings is 1. The Hall–Kier alpha value is -0.870. The summed E-state index contributed by atoms with van der Waals surface area (Å²) in [5.41, 5.74) is 2.02. The van der Waals surface area contributed by atoms with Crippen molar-refractivity contribution in [1.29, 1.82) is 0 Å². The van der Waals surface area contributed by atoms with E-state index < -0.39 is 0 Å². The van der Waals surface area contributed by atoms with E-state index in [-0.39, 0.29) is 5.28 Å². The highest BCUT2D eigenvalue weighted by atomic mass is 79.9. The topological polar surface area (TPSA) is 37.8 Å². The fourth-order valence-electron chi connectivity index (χ4n) is 2.03. The molecule has 0 bridgehead atoms. The zero-order chi connectivity index (χ0) is 12.7. The van der Waals surface area contributed by atoms with Gasteiger partial charge >= 0.3 is 0 Å². The van der Waals surface area contributed by atoms with E-state index in [1.165, 1.54) is 12.8 Å². The maximum absolute atomic E-state index is 6.00. The Balaban J connectivity index is 2.12. The normalized spacial score (nSPS) is 15.1. The molecule has 0 saturated heterocycles. The molecule has 1 aromatic carbocycles. The van der Waals surface area contributed by atoms with Gasteiger partial charge in [-0.05, 0) is 64.8 Å². The molecular weight excluding hydrogens is 314 g/mol. The molecule has 1 aromatic heterocycles. The first-order valence-electron chi connectivity index (χ1n) is 6.01. The molecular formula is C13H13BrClN3. The van der Waals surface area contributed by atoms with Gasteiger partial charge in [-0.2, -0.15) is 0 Å². The van der Waals surface area contributed by atoms with Crippen LogP contribution in [0.25, 0.3) is 10.9 Å². The zero-order valence-electron chi connectivity index (χ0n) is 10.0. The van der Waals surface area contributed by atoms with Crippen LogP contribution in [0.4, 0.5) is 5.82 Å². The van der Waals surface area contributed by atoms with Crippen molar-refractivity contribution in [3.8, 4) is 0 Å². The van der Waals surface area contributed by atoms with Crippen molar-refractivity contribution < 1.29 is 0 Å². The lowest BCUT2D eigenvalue weighted by Crippen LogP contribution is -2.07. The summed E-state index contributed by atoms with van der Waals surface area (Å²) in [4.78, 5) is 8.63. The number of anilines is 1. The van der Waals surface area contributed by atoms with E-state index >= 15 is 0 Å². The summed E-state index contributed by atoms with van der Waals surface area (Å²) in [6.07, 6.45) is 2.62. The molecule has 2 aromatic rings. The summed E-state index contributed by atoms with van der Waals surface area (Å²) < 4.78 is 0.946. The summed E-state index contributed by atoms with van der Waals surface area (Å²) in [6.45, 7) is 3.03. The summed E-state index contributed by atoms with van der Waals surface area (Å²) in [5, 5.41) is 4.74. The molecule has 0 aliphatic heterocycles. The average Bonchev–Trinajstić information content (AvgIpc) is 3.15. The molecule has 0 spiro atoms. The van der Waals surface area contributed by atoms with Crippen molar-refractivity contribution in [3.63, 3.8) is 0 Å². The van der Waals surface area contributed by atoms with Crippen molar-refractivity contribution in [1.82, 2.24) is 9.97 Å². The number of nitrogens with one attached hydrogen (secondary N) is 1. The van der Waals surface area contributed by atoms with Crippen LogP contribution >= 0.6 is 27.5 Å². The molecule has 5 heteroatoms. The van der Waals surface area contributed by atoms with Gasteiger partial charge in [-0.25, -0.2) is 9.97 Å². The second-order valence-electron chi connectivity index (χ2n) is 4.75. The quantitative estimate of drug-likeness (QED) is 0.860. The van der Waals surface area contributed by atoms with Gasteiger partial charge in [0.05, 0.1) is 5.52 Å². The lowest BCUT2D eigenvalue weighted by atomic mass is 10.1. The first-order chi connectivity index (χ1) is 8.65. The highest BCUT2D eigenvalue weighted by molar-refractivity contribution is 9.10. The molecule has 1 aliphatic rings. The fraction of sp³-hybridized carbons (Fsp3) is 0.385. The Morgan fingerprint density at radius 1 is 1.39 bits per heavy atom. The minimum Gasteiger partial charge on any atom is -0.369 e. The third-order valence-electron chi connectivity index (χ3n) is 3.24. The first-order valence-corrected chi connectivity index (χ1v) is 7.18. The lowest BCUT2D eigenvalue weighted by Gasteiger charge is -2.11. The van der Waals surface area contributed by atoms with Crippen LogP contribution in [0.5, 0.6) is 0 Å². The third kappa shape index (κ3) is 2.31. The van der Waals surface area contributed by atoms with Gasteiger partial charge in [-0.1, -0.05) is 6.07 Å².